The van der Waals surface area contributed by atoms with Gasteiger partial charge in [0, 0.05) is 113 Å². The summed E-state index contributed by atoms with van der Waals surface area (Å²) in [6.45, 7) is 28.2. The summed E-state index contributed by atoms with van der Waals surface area (Å²) in [5.74, 6) is -5.73. The van der Waals surface area contributed by atoms with Crippen molar-refractivity contribution in [1.82, 2.24) is 45.1 Å². The molecule has 7 amide bonds. The minimum Gasteiger partial charge on any atom is -0.476 e. The molecule has 150 heavy (non-hydrogen) atoms. The number of anilines is 3. The maximum atomic E-state index is 14.8. The molecule has 44 heteroatoms. The van der Waals surface area contributed by atoms with Gasteiger partial charge in [0.25, 0.3) is 27.8 Å². The van der Waals surface area contributed by atoms with Crippen molar-refractivity contribution in [3.63, 3.8) is 0 Å². The number of pyridine rings is 1. The minimum absolute atomic E-state index is 0.0140. The molecule has 4 aliphatic carbocycles. The van der Waals surface area contributed by atoms with Crippen LogP contribution in [0.1, 0.15) is 147 Å². The van der Waals surface area contributed by atoms with Crippen molar-refractivity contribution in [3.05, 3.63) is 130 Å². The predicted molar refractivity (Wildman–Crippen MR) is 558 cm³/mol. The second-order valence-corrected chi connectivity index (χ2v) is 42.1. The van der Waals surface area contributed by atoms with Crippen molar-refractivity contribution in [2.45, 2.75) is 156 Å². The smallest absolute Gasteiger partial charge is 0.410 e. The lowest BCUT2D eigenvalue weighted by Crippen LogP contribution is -2.64. The first-order valence-corrected chi connectivity index (χ1v) is 54.5. The number of imide groups is 1. The average molecular weight is 2140 g/mol. The quantitative estimate of drug-likeness (QED) is 0.0117. The molecule has 42 nitrogen and oxygen atoms in total. The number of carboxylic acid groups (broad SMARTS) is 1. The van der Waals surface area contributed by atoms with E-state index in [9.17, 15) is 56.4 Å². The molecule has 6 aromatic rings. The third kappa shape index (κ3) is 39.7. The van der Waals surface area contributed by atoms with Crippen molar-refractivity contribution in [2.24, 2.45) is 22.2 Å². The van der Waals surface area contributed by atoms with Crippen LogP contribution in [0.15, 0.2) is 84.9 Å². The van der Waals surface area contributed by atoms with E-state index in [0.29, 0.717) is 326 Å². The summed E-state index contributed by atoms with van der Waals surface area (Å²) in [5, 5.41) is 27.9. The number of aromatic carboxylic acids is 1. The normalized spacial score (nSPS) is 18.2. The Morgan fingerprint density at radius 1 is 0.553 bits per heavy atom. The summed E-state index contributed by atoms with van der Waals surface area (Å²) in [6, 6.07) is 19.8. The lowest BCUT2D eigenvalue weighted by atomic mass is 9.39. The molecule has 6 N–H and O–H groups in total. The fourth-order valence-electron chi connectivity index (χ4n) is 20.8. The number of nitrogens with one attached hydrogen (secondary N) is 4. The number of carboxylic acids is 1. The number of ether oxygens (including phenoxy) is 18. The van der Waals surface area contributed by atoms with Crippen LogP contribution in [0, 0.1) is 36.0 Å². The van der Waals surface area contributed by atoms with Crippen LogP contribution >= 0.6 is 11.3 Å². The average Bonchev–Trinajstić information content (AvgIpc) is 1.32. The molecular formula is C106H156N12O30S2. The monoisotopic (exact) mass is 2140 g/mol. The summed E-state index contributed by atoms with van der Waals surface area (Å²) in [5.41, 5.74) is 5.72. The van der Waals surface area contributed by atoms with E-state index in [0.717, 1.165) is 76.2 Å². The molecule has 6 aliphatic rings. The van der Waals surface area contributed by atoms with E-state index in [4.69, 9.17) is 95.3 Å². The zero-order valence-electron chi connectivity index (χ0n) is 88.5. The molecule has 0 saturated heterocycles. The number of thiazole rings is 1. The van der Waals surface area contributed by atoms with E-state index >= 15 is 0 Å². The van der Waals surface area contributed by atoms with Crippen LogP contribution in [0.5, 0.6) is 0 Å². The minimum atomic E-state index is -4.61. The van der Waals surface area contributed by atoms with Gasteiger partial charge in [-0.15, -0.1) is 0 Å². The second kappa shape index (κ2) is 62.7. The van der Waals surface area contributed by atoms with Crippen molar-refractivity contribution in [2.75, 3.05) is 286 Å². The van der Waals surface area contributed by atoms with Crippen LogP contribution in [0.25, 0.3) is 21.3 Å². The van der Waals surface area contributed by atoms with Gasteiger partial charge in [0.1, 0.15) is 31.1 Å². The molecule has 832 valence electrons. The lowest BCUT2D eigenvalue weighted by Gasteiger charge is -2.69. The van der Waals surface area contributed by atoms with E-state index in [1.807, 2.05) is 72.0 Å². The first-order valence-electron chi connectivity index (χ1n) is 52.0. The summed E-state index contributed by atoms with van der Waals surface area (Å²) >= 11 is 1.40. The predicted octanol–water partition coefficient (Wildman–Crippen LogP) is 9.40. The van der Waals surface area contributed by atoms with Crippen LogP contribution in [-0.4, -0.2) is 388 Å². The third-order valence-electron chi connectivity index (χ3n) is 26.7. The number of nitrogens with zero attached hydrogens (tertiary/aromatic N) is 8. The Labute approximate surface area is 883 Å². The first kappa shape index (κ1) is 121. The topological polar surface area (TPSA) is 482 Å². The van der Waals surface area contributed by atoms with Crippen LogP contribution in [-0.2, 0) is 152 Å². The van der Waals surface area contributed by atoms with Crippen molar-refractivity contribution in [3.8, 4) is 11.1 Å². The van der Waals surface area contributed by atoms with E-state index in [-0.39, 0.29) is 47.6 Å². The van der Waals surface area contributed by atoms with Gasteiger partial charge in [-0.1, -0.05) is 69.4 Å². The Bertz CT molecular complexity index is 5280. The Hall–Kier alpha value is -9.60. The number of benzene rings is 3. The number of hydrogen-bond donors (Lipinski definition) is 6. The Morgan fingerprint density at radius 3 is 1.60 bits per heavy atom. The van der Waals surface area contributed by atoms with Gasteiger partial charge >= 0.3 is 12.1 Å². The zero-order valence-corrected chi connectivity index (χ0v) is 90.1. The standard InChI is InChI=1S/C106H156N12O30S2/c1-77(2)95(111-91(119)68-117-92(120)25-26-93(117)121)99(124)107-79(4)97(122)108-84-22-21-83(82(66-84)17-13-28-114(29-14-34-133-41-43-137-49-51-141-57-59-145-63-61-143-55-53-139-47-45-135-39-37-131-8)30-15-35-134-42-44-138-50-52-142-58-60-146-64-62-144-56-54-140-48-46-136-40-38-132-9)69-147-102(127)115(33-65-150(128,129)130)32-36-148-106-73-103(6)70-104(7,74-106)72-105(71-103,75-106)76-118-80(5)94(78(3)113-118)86-23-24-90(110-96(86)100(125)126)116-31-27-81-16-12-18-85(87(81)67-116)98(123)112-101-109-88-19-10-11-20-89(88)149-101/h10-12,16,18-26,66,77,79,95H,13-15,17,27-65,67-76H2,1-9H3,(H,107,124)(H,108,122)(H,111,119)(H,125,126)(H,109,112,123)(H,128,129,130)/t79-,95-,103?,104?,105?,106?/m0/s1. The summed E-state index contributed by atoms with van der Waals surface area (Å²) in [7, 11) is -1.36. The highest BCUT2D eigenvalue weighted by atomic mass is 32.2. The number of para-hydroxylation sites is 1. The van der Waals surface area contributed by atoms with Gasteiger partial charge in [-0.25, -0.2) is 19.6 Å². The largest absolute Gasteiger partial charge is 0.476 e. The summed E-state index contributed by atoms with van der Waals surface area (Å²) in [4.78, 5) is 124. The van der Waals surface area contributed by atoms with Gasteiger partial charge in [0.05, 0.1) is 219 Å². The molecule has 5 heterocycles. The lowest BCUT2D eigenvalue weighted by molar-refractivity contribution is -0.248. The number of aromatic nitrogens is 4. The van der Waals surface area contributed by atoms with E-state index in [1.165, 1.54) is 23.2 Å². The van der Waals surface area contributed by atoms with Gasteiger partial charge in [-0.2, -0.15) is 13.5 Å². The van der Waals surface area contributed by atoms with Gasteiger partial charge in [-0.3, -0.25) is 48.2 Å². The number of aryl methyl sites for hydroxylation is 2. The molecule has 12 rings (SSSR count). The second-order valence-electron chi connectivity index (χ2n) is 39.5. The molecule has 3 aromatic carbocycles. The Balaban J connectivity index is 0.712. The van der Waals surface area contributed by atoms with E-state index in [2.05, 4.69) is 45.0 Å². The van der Waals surface area contributed by atoms with Gasteiger partial charge in [-0.05, 0) is 185 Å². The molecule has 4 bridgehead atoms. The van der Waals surface area contributed by atoms with E-state index in [1.54, 1.807) is 52.3 Å². The van der Waals surface area contributed by atoms with Crippen molar-refractivity contribution >= 4 is 95.8 Å². The maximum absolute atomic E-state index is 14.8. The van der Waals surface area contributed by atoms with Crippen LogP contribution in [0.4, 0.5) is 21.4 Å². The van der Waals surface area contributed by atoms with E-state index < -0.39 is 94.2 Å². The van der Waals surface area contributed by atoms with Crippen LogP contribution < -0.4 is 26.2 Å². The van der Waals surface area contributed by atoms with Crippen LogP contribution in [0.3, 0.4) is 0 Å². The molecule has 0 radical (unpaired) electrons. The summed E-state index contributed by atoms with van der Waals surface area (Å²) in [6.07, 6.45) is 8.91. The highest BCUT2D eigenvalue weighted by molar-refractivity contribution is 7.85. The number of carbonyl (C=O) groups excluding carboxylic acids is 7. The molecule has 0 spiro atoms. The SMILES string of the molecule is COCCOCCOCCOCCOCCOCCOCCOCCCN(CCCOCCOCCOCCOCCOCCOCCOCCOC)CCCc1cc(NC(=O)[C@H](C)NC(=O)[C@@H](NC(=O)CN2C(=O)C=CC2=O)C(C)C)ccc1COC(=O)N(CCOC12CC3(C)CC(C)(CC(Cn4nc(C)c(-c5ccc(N6CCc7cccc(C(=O)Nc8nc9ccccc9s8)c7C6)nc5C(=O)O)c4C)(C3)C1)C2)CCS(=O)(=O)O. The number of hydrogen-bond acceptors (Lipinski definition) is 34. The van der Waals surface area contributed by atoms with Crippen molar-refractivity contribution in [1.29, 1.82) is 0 Å². The fourth-order valence-corrected chi connectivity index (χ4v) is 22.1. The first-order chi connectivity index (χ1) is 72.4. The fraction of sp³-hybridized carbons (Fsp3) is 0.651. The van der Waals surface area contributed by atoms with Gasteiger partial charge in [0.2, 0.25) is 17.7 Å². The molecular weight excluding hydrogens is 1990 g/mol. The van der Waals surface area contributed by atoms with Crippen molar-refractivity contribution < 1.29 is 142 Å². The number of amides is 7. The number of rotatable bonds is 78. The number of fused-ring (bicyclic) bond motifs is 2. The zero-order chi connectivity index (χ0) is 107. The number of carbonyl (C=O) groups is 8. The molecule has 3 aromatic heterocycles. The molecule has 4 saturated carbocycles. The molecule has 2 aliphatic heterocycles. The third-order valence-corrected chi connectivity index (χ3v) is 28.3. The van der Waals surface area contributed by atoms with Gasteiger partial charge < -0.3 is 121 Å². The molecule has 4 fully saturated rings. The van der Waals surface area contributed by atoms with Gasteiger partial charge in [0.15, 0.2) is 10.8 Å². The number of methoxy groups -OCH3 is 2. The summed E-state index contributed by atoms with van der Waals surface area (Å²) < 4.78 is 141. The Kier molecular flexibility index (Phi) is 50.4. The highest BCUT2D eigenvalue weighted by Crippen LogP contribution is 2.72. The molecule has 4 atom stereocenters. The van der Waals surface area contributed by atoms with Crippen LogP contribution in [0.2, 0.25) is 0 Å². The maximum Gasteiger partial charge on any atom is 0.410 e. The highest BCUT2D eigenvalue weighted by Gasteiger charge is 2.66. The molecule has 2 unspecified atom stereocenters. The Morgan fingerprint density at radius 2 is 1.08 bits per heavy atom.